The molecular weight excluding hydrogens is 393 g/mol. The zero-order chi connectivity index (χ0) is 22.4. The van der Waals surface area contributed by atoms with E-state index in [1.54, 1.807) is 37.3 Å². The Bertz CT molecular complexity index is 1040. The van der Waals surface area contributed by atoms with Gasteiger partial charge in [-0.05, 0) is 69.5 Å². The quantitative estimate of drug-likeness (QED) is 0.535. The molecule has 3 rings (SSSR count). The average molecular weight is 422 g/mol. The Kier molecular flexibility index (Phi) is 7.18. The number of carbonyl (C=O) groups is 1. The van der Waals surface area contributed by atoms with Gasteiger partial charge in [-0.15, -0.1) is 0 Å². The third kappa shape index (κ3) is 5.17. The van der Waals surface area contributed by atoms with Crippen LogP contribution in [0.1, 0.15) is 42.4 Å². The van der Waals surface area contributed by atoms with Crippen molar-refractivity contribution in [3.8, 4) is 11.3 Å². The van der Waals surface area contributed by atoms with Crippen LogP contribution in [0.3, 0.4) is 0 Å². The Morgan fingerprint density at radius 2 is 1.94 bits per heavy atom. The molecule has 0 aliphatic carbocycles. The number of halogens is 1. The minimum atomic E-state index is -0.643. The fraction of sp³-hybridized carbons (Fsp3) is 0.292. The molecular formula is C24H28FN5O. The van der Waals surface area contributed by atoms with Gasteiger partial charge in [0, 0.05) is 18.8 Å². The van der Waals surface area contributed by atoms with E-state index in [1.165, 1.54) is 6.42 Å². The van der Waals surface area contributed by atoms with E-state index >= 15 is 0 Å². The summed E-state index contributed by atoms with van der Waals surface area (Å²) in [7, 11) is 0. The van der Waals surface area contributed by atoms with Crippen LogP contribution >= 0.6 is 0 Å². The summed E-state index contributed by atoms with van der Waals surface area (Å²) in [5.74, 6) is -1.12. The largest absolute Gasteiger partial charge is 0.397 e. The van der Waals surface area contributed by atoms with Crippen LogP contribution in [-0.4, -0.2) is 33.9 Å². The number of amides is 1. The number of piperidine rings is 1. The lowest BCUT2D eigenvalue weighted by atomic mass is 10.1. The number of hydrogen-bond acceptors (Lipinski definition) is 5. The summed E-state index contributed by atoms with van der Waals surface area (Å²) in [5.41, 5.74) is 8.79. The normalized spacial score (nSPS) is 15.0. The molecule has 162 valence electrons. The number of nitrogens with one attached hydrogen (secondary N) is 1. The number of likely N-dealkylation sites (tertiary alicyclic amines) is 1. The molecule has 0 aromatic carbocycles. The Hall–Kier alpha value is -3.48. The molecule has 6 nitrogen and oxygen atoms in total. The molecule has 1 aliphatic heterocycles. The van der Waals surface area contributed by atoms with Gasteiger partial charge in [-0.3, -0.25) is 4.79 Å². The van der Waals surface area contributed by atoms with Crippen LogP contribution in [0.25, 0.3) is 11.3 Å². The maximum atomic E-state index is 14.3. The maximum absolute atomic E-state index is 14.3. The number of carbonyl (C=O) groups excluding carboxylic acids is 1. The molecule has 0 bridgehead atoms. The molecule has 2 aromatic rings. The second-order valence-corrected chi connectivity index (χ2v) is 7.43. The van der Waals surface area contributed by atoms with Crippen LogP contribution in [-0.2, 0) is 0 Å². The molecule has 7 heteroatoms. The summed E-state index contributed by atoms with van der Waals surface area (Å²) in [5, 5.41) is 2.89. The van der Waals surface area contributed by atoms with Crippen molar-refractivity contribution < 1.29 is 9.18 Å². The Morgan fingerprint density at radius 1 is 1.19 bits per heavy atom. The van der Waals surface area contributed by atoms with E-state index in [0.717, 1.165) is 31.6 Å². The summed E-state index contributed by atoms with van der Waals surface area (Å²) in [4.78, 5) is 23.5. The third-order valence-corrected chi connectivity index (χ3v) is 5.16. The highest BCUT2D eigenvalue weighted by atomic mass is 19.1. The molecule has 0 unspecified atom stereocenters. The summed E-state index contributed by atoms with van der Waals surface area (Å²) >= 11 is 0. The molecule has 31 heavy (non-hydrogen) atoms. The van der Waals surface area contributed by atoms with Crippen LogP contribution in [0.2, 0.25) is 0 Å². The molecule has 0 atom stereocenters. The smallest absolute Gasteiger partial charge is 0.276 e. The number of nitrogens with zero attached hydrogens (tertiary/aromatic N) is 3. The minimum absolute atomic E-state index is 0.0234. The zero-order valence-electron chi connectivity index (χ0n) is 18.0. The molecule has 1 fully saturated rings. The van der Waals surface area contributed by atoms with E-state index in [4.69, 9.17) is 5.73 Å². The van der Waals surface area contributed by atoms with Crippen molar-refractivity contribution in [3.05, 3.63) is 77.8 Å². The number of rotatable bonds is 6. The highest BCUT2D eigenvalue weighted by Gasteiger charge is 2.19. The van der Waals surface area contributed by atoms with Crippen LogP contribution in [0.4, 0.5) is 10.1 Å². The molecule has 1 aliphatic rings. The number of pyridine rings is 2. The molecule has 2 aromatic heterocycles. The van der Waals surface area contributed by atoms with E-state index in [-0.39, 0.29) is 22.6 Å². The second-order valence-electron chi connectivity index (χ2n) is 7.43. The fourth-order valence-electron chi connectivity index (χ4n) is 3.58. The van der Waals surface area contributed by atoms with Gasteiger partial charge in [-0.1, -0.05) is 12.7 Å². The Balaban J connectivity index is 1.94. The number of nitrogens with two attached hydrogens (primary N) is 1. The summed E-state index contributed by atoms with van der Waals surface area (Å²) in [6.45, 7) is 9.34. The molecule has 3 N–H and O–H groups in total. The monoisotopic (exact) mass is 421 g/mol. The Morgan fingerprint density at radius 3 is 2.58 bits per heavy atom. The topological polar surface area (TPSA) is 84.1 Å². The summed E-state index contributed by atoms with van der Waals surface area (Å²) in [6.07, 6.45) is 8.92. The van der Waals surface area contributed by atoms with Crippen molar-refractivity contribution in [2.45, 2.75) is 33.1 Å². The van der Waals surface area contributed by atoms with Crippen LogP contribution in [0.15, 0.2) is 60.5 Å². The first-order chi connectivity index (χ1) is 14.9. The van der Waals surface area contributed by atoms with Crippen molar-refractivity contribution in [2.75, 3.05) is 18.8 Å². The first-order valence-electron chi connectivity index (χ1n) is 10.4. The van der Waals surface area contributed by atoms with Gasteiger partial charge in [-0.2, -0.15) is 4.39 Å². The van der Waals surface area contributed by atoms with Gasteiger partial charge < -0.3 is 16.0 Å². The standard InChI is InChI=1S/C24H28FN5O/c1-4-9-21(30-14-7-6-8-15-30)19(5-2)29-24(31)22-18(26)12-13-20(28-22)17-11-10-16(3)27-23(17)25/h4-5,9-13H,2,6-8,14-15,26H2,1,3H3,(H,29,31)/b9-4-,21-19-. The molecule has 0 spiro atoms. The van der Waals surface area contributed by atoms with Crippen molar-refractivity contribution in [2.24, 2.45) is 0 Å². The third-order valence-electron chi connectivity index (χ3n) is 5.16. The van der Waals surface area contributed by atoms with E-state index in [0.29, 0.717) is 11.4 Å². The number of anilines is 1. The van der Waals surface area contributed by atoms with Gasteiger partial charge in [0.2, 0.25) is 5.95 Å². The fourth-order valence-corrected chi connectivity index (χ4v) is 3.58. The number of aryl methyl sites for hydroxylation is 1. The predicted molar refractivity (Wildman–Crippen MR) is 122 cm³/mol. The minimum Gasteiger partial charge on any atom is -0.397 e. The maximum Gasteiger partial charge on any atom is 0.276 e. The molecule has 0 saturated carbocycles. The molecule has 3 heterocycles. The van der Waals surface area contributed by atoms with Crippen molar-refractivity contribution >= 4 is 11.6 Å². The van der Waals surface area contributed by atoms with Crippen LogP contribution in [0, 0.1) is 12.9 Å². The van der Waals surface area contributed by atoms with E-state index in [2.05, 4.69) is 26.8 Å². The van der Waals surface area contributed by atoms with Gasteiger partial charge >= 0.3 is 0 Å². The second kappa shape index (κ2) is 10.0. The Labute approximate surface area is 182 Å². The van der Waals surface area contributed by atoms with Gasteiger partial charge in [0.15, 0.2) is 5.69 Å². The molecule has 1 amide bonds. The van der Waals surface area contributed by atoms with Gasteiger partial charge in [0.05, 0.1) is 28.3 Å². The molecule has 0 radical (unpaired) electrons. The lowest BCUT2D eigenvalue weighted by Gasteiger charge is -2.31. The van der Waals surface area contributed by atoms with Crippen LogP contribution < -0.4 is 11.1 Å². The number of aromatic nitrogens is 2. The van der Waals surface area contributed by atoms with Gasteiger partial charge in [0.25, 0.3) is 5.91 Å². The van der Waals surface area contributed by atoms with E-state index < -0.39 is 11.9 Å². The highest BCUT2D eigenvalue weighted by molar-refractivity contribution is 5.99. The van der Waals surface area contributed by atoms with Crippen molar-refractivity contribution in [1.82, 2.24) is 20.2 Å². The average Bonchev–Trinajstić information content (AvgIpc) is 2.77. The lowest BCUT2D eigenvalue weighted by Crippen LogP contribution is -2.33. The number of nitrogen functional groups attached to an aromatic ring is 1. The lowest BCUT2D eigenvalue weighted by molar-refractivity contribution is 0.0962. The van der Waals surface area contributed by atoms with Gasteiger partial charge in [0.1, 0.15) is 0 Å². The number of allylic oxidation sites excluding steroid dienone is 3. The van der Waals surface area contributed by atoms with Crippen LogP contribution in [0.5, 0.6) is 0 Å². The summed E-state index contributed by atoms with van der Waals surface area (Å²) in [6, 6.07) is 6.40. The summed E-state index contributed by atoms with van der Waals surface area (Å²) < 4.78 is 14.3. The SMILES string of the molecule is C=C/C(NC(=O)c1nc(-c2ccc(C)nc2F)ccc1N)=C(\C=C/C)N1CCCCC1. The molecule has 1 saturated heterocycles. The predicted octanol–water partition coefficient (Wildman–Crippen LogP) is 4.36. The highest BCUT2D eigenvalue weighted by Crippen LogP contribution is 2.23. The zero-order valence-corrected chi connectivity index (χ0v) is 18.0. The van der Waals surface area contributed by atoms with E-state index in [9.17, 15) is 9.18 Å². The van der Waals surface area contributed by atoms with E-state index in [1.807, 2.05) is 19.1 Å². The van der Waals surface area contributed by atoms with Crippen molar-refractivity contribution in [1.29, 1.82) is 0 Å². The first kappa shape index (κ1) is 22.2. The van der Waals surface area contributed by atoms with Crippen molar-refractivity contribution in [3.63, 3.8) is 0 Å². The first-order valence-corrected chi connectivity index (χ1v) is 10.4. The number of hydrogen-bond donors (Lipinski definition) is 2. The van der Waals surface area contributed by atoms with Gasteiger partial charge in [-0.25, -0.2) is 9.97 Å².